The lowest BCUT2D eigenvalue weighted by atomic mass is 10.1. The van der Waals surface area contributed by atoms with E-state index in [0.717, 1.165) is 23.4 Å². The molecule has 0 heterocycles. The lowest BCUT2D eigenvalue weighted by Crippen LogP contribution is -1.97. The van der Waals surface area contributed by atoms with E-state index in [-0.39, 0.29) is 10.6 Å². The minimum Gasteiger partial charge on any atom is -0.355 e. The van der Waals surface area contributed by atoms with Crippen molar-refractivity contribution in [2.24, 2.45) is 0 Å². The van der Waals surface area contributed by atoms with E-state index in [4.69, 9.17) is 0 Å². The molecule has 0 aliphatic carbocycles. The molecule has 0 amide bonds. The van der Waals surface area contributed by atoms with Crippen LogP contribution in [-0.2, 0) is 6.42 Å². The van der Waals surface area contributed by atoms with E-state index in [1.807, 2.05) is 37.3 Å². The molecule has 0 spiro atoms. The average Bonchev–Trinajstić information content (AvgIpc) is 2.40. The Morgan fingerprint density at radius 3 is 2.50 bits per heavy atom. The maximum atomic E-state index is 10.7. The standard InChI is InChI=1S/C14H14N2O2/c1-2-11-10-13(16(17)18)8-9-14(11)15-12-6-4-3-5-7-12/h3-10,15H,2H2,1H3. The van der Waals surface area contributed by atoms with E-state index in [9.17, 15) is 10.1 Å². The van der Waals surface area contributed by atoms with Gasteiger partial charge in [0.05, 0.1) is 4.92 Å². The zero-order chi connectivity index (χ0) is 13.0. The second-order valence-corrected chi connectivity index (χ2v) is 3.94. The molecule has 0 bridgehead atoms. The molecule has 4 heteroatoms. The molecule has 2 rings (SSSR count). The van der Waals surface area contributed by atoms with E-state index in [1.165, 1.54) is 6.07 Å². The number of hydrogen-bond acceptors (Lipinski definition) is 3. The van der Waals surface area contributed by atoms with Gasteiger partial charge in [0.25, 0.3) is 5.69 Å². The van der Waals surface area contributed by atoms with Crippen molar-refractivity contribution in [3.63, 3.8) is 0 Å². The molecule has 0 aliphatic rings. The van der Waals surface area contributed by atoms with Crippen molar-refractivity contribution in [2.75, 3.05) is 5.32 Å². The Kier molecular flexibility index (Phi) is 3.57. The molecule has 0 saturated carbocycles. The van der Waals surface area contributed by atoms with Gasteiger partial charge in [-0.1, -0.05) is 25.1 Å². The predicted molar refractivity (Wildman–Crippen MR) is 72.2 cm³/mol. The second-order valence-electron chi connectivity index (χ2n) is 3.94. The number of hydrogen-bond donors (Lipinski definition) is 1. The van der Waals surface area contributed by atoms with E-state index < -0.39 is 0 Å². The number of nitro benzene ring substituents is 1. The molecule has 92 valence electrons. The summed E-state index contributed by atoms with van der Waals surface area (Å²) in [7, 11) is 0. The fourth-order valence-corrected chi connectivity index (χ4v) is 1.79. The van der Waals surface area contributed by atoms with Crippen LogP contribution in [0, 0.1) is 10.1 Å². The topological polar surface area (TPSA) is 55.2 Å². The first kappa shape index (κ1) is 12.1. The molecule has 0 radical (unpaired) electrons. The first-order valence-corrected chi connectivity index (χ1v) is 5.80. The lowest BCUT2D eigenvalue weighted by Gasteiger charge is -2.10. The second kappa shape index (κ2) is 5.31. The van der Waals surface area contributed by atoms with Crippen molar-refractivity contribution in [3.05, 3.63) is 64.2 Å². The zero-order valence-corrected chi connectivity index (χ0v) is 10.1. The number of nitrogens with zero attached hydrogens (tertiary/aromatic N) is 1. The van der Waals surface area contributed by atoms with Gasteiger partial charge in [-0.3, -0.25) is 10.1 Å². The summed E-state index contributed by atoms with van der Waals surface area (Å²) in [6.07, 6.45) is 0.747. The highest BCUT2D eigenvalue weighted by atomic mass is 16.6. The molecule has 0 fully saturated rings. The minimum absolute atomic E-state index is 0.130. The number of para-hydroxylation sites is 1. The van der Waals surface area contributed by atoms with Crippen molar-refractivity contribution < 1.29 is 4.92 Å². The van der Waals surface area contributed by atoms with Gasteiger partial charge in [0.2, 0.25) is 0 Å². The Labute approximate surface area is 105 Å². The third kappa shape index (κ3) is 2.66. The minimum atomic E-state index is -0.370. The third-order valence-corrected chi connectivity index (χ3v) is 2.73. The Morgan fingerprint density at radius 2 is 1.89 bits per heavy atom. The Bertz CT molecular complexity index is 553. The number of nitro groups is 1. The van der Waals surface area contributed by atoms with Crippen molar-refractivity contribution >= 4 is 17.1 Å². The van der Waals surface area contributed by atoms with Crippen molar-refractivity contribution in [3.8, 4) is 0 Å². The normalized spacial score (nSPS) is 10.1. The van der Waals surface area contributed by atoms with Gasteiger partial charge in [-0.15, -0.1) is 0 Å². The number of non-ortho nitro benzene ring substituents is 1. The Balaban J connectivity index is 2.31. The van der Waals surface area contributed by atoms with Crippen LogP contribution in [0.3, 0.4) is 0 Å². The smallest absolute Gasteiger partial charge is 0.269 e. The monoisotopic (exact) mass is 242 g/mol. The van der Waals surface area contributed by atoms with Gasteiger partial charge < -0.3 is 5.32 Å². The summed E-state index contributed by atoms with van der Waals surface area (Å²) in [6.45, 7) is 1.98. The number of nitrogens with one attached hydrogen (secondary N) is 1. The molecule has 0 aromatic heterocycles. The van der Waals surface area contributed by atoms with Crippen molar-refractivity contribution in [1.82, 2.24) is 0 Å². The molecular formula is C14H14N2O2. The first-order valence-electron chi connectivity index (χ1n) is 5.80. The lowest BCUT2D eigenvalue weighted by molar-refractivity contribution is -0.384. The summed E-state index contributed by atoms with van der Waals surface area (Å²) in [5, 5.41) is 14.0. The fraction of sp³-hybridized carbons (Fsp3) is 0.143. The number of anilines is 2. The van der Waals surface area contributed by atoms with Crippen LogP contribution < -0.4 is 5.32 Å². The van der Waals surface area contributed by atoms with Gasteiger partial charge in [-0.2, -0.15) is 0 Å². The van der Waals surface area contributed by atoms with Crippen LogP contribution in [0.4, 0.5) is 17.1 Å². The van der Waals surface area contributed by atoms with E-state index in [1.54, 1.807) is 12.1 Å². The molecular weight excluding hydrogens is 228 g/mol. The first-order chi connectivity index (χ1) is 8.70. The average molecular weight is 242 g/mol. The van der Waals surface area contributed by atoms with Crippen LogP contribution in [0.25, 0.3) is 0 Å². The molecule has 0 unspecified atom stereocenters. The number of benzene rings is 2. The van der Waals surface area contributed by atoms with Crippen molar-refractivity contribution in [2.45, 2.75) is 13.3 Å². The summed E-state index contributed by atoms with van der Waals surface area (Å²) in [5.74, 6) is 0. The molecule has 2 aromatic carbocycles. The van der Waals surface area contributed by atoms with Gasteiger partial charge >= 0.3 is 0 Å². The van der Waals surface area contributed by atoms with Gasteiger partial charge in [0, 0.05) is 23.5 Å². The number of aryl methyl sites for hydroxylation is 1. The zero-order valence-electron chi connectivity index (χ0n) is 10.1. The van der Waals surface area contributed by atoms with Crippen LogP contribution >= 0.6 is 0 Å². The van der Waals surface area contributed by atoms with Crippen LogP contribution in [0.1, 0.15) is 12.5 Å². The predicted octanol–water partition coefficient (Wildman–Crippen LogP) is 3.90. The summed E-state index contributed by atoms with van der Waals surface area (Å²) < 4.78 is 0. The fourth-order valence-electron chi connectivity index (χ4n) is 1.79. The quantitative estimate of drug-likeness (QED) is 0.653. The highest BCUT2D eigenvalue weighted by molar-refractivity contribution is 5.65. The molecule has 0 saturated heterocycles. The van der Waals surface area contributed by atoms with Gasteiger partial charge in [0.15, 0.2) is 0 Å². The summed E-state index contributed by atoms with van der Waals surface area (Å²) in [4.78, 5) is 10.4. The van der Waals surface area contributed by atoms with Crippen LogP contribution in [0.2, 0.25) is 0 Å². The largest absolute Gasteiger partial charge is 0.355 e. The van der Waals surface area contributed by atoms with Crippen LogP contribution in [-0.4, -0.2) is 4.92 Å². The maximum Gasteiger partial charge on any atom is 0.269 e. The van der Waals surface area contributed by atoms with E-state index >= 15 is 0 Å². The summed E-state index contributed by atoms with van der Waals surface area (Å²) in [5.41, 5.74) is 2.95. The highest BCUT2D eigenvalue weighted by Gasteiger charge is 2.09. The molecule has 0 atom stereocenters. The number of rotatable bonds is 4. The molecule has 4 nitrogen and oxygen atoms in total. The summed E-state index contributed by atoms with van der Waals surface area (Å²) >= 11 is 0. The van der Waals surface area contributed by atoms with Gasteiger partial charge in [0.1, 0.15) is 0 Å². The highest BCUT2D eigenvalue weighted by Crippen LogP contribution is 2.25. The summed E-state index contributed by atoms with van der Waals surface area (Å²) in [6, 6.07) is 14.6. The maximum absolute atomic E-state index is 10.7. The Hall–Kier alpha value is -2.36. The Morgan fingerprint density at radius 1 is 1.17 bits per heavy atom. The van der Waals surface area contributed by atoms with Crippen LogP contribution in [0.5, 0.6) is 0 Å². The third-order valence-electron chi connectivity index (χ3n) is 2.73. The molecule has 18 heavy (non-hydrogen) atoms. The van der Waals surface area contributed by atoms with E-state index in [0.29, 0.717) is 0 Å². The molecule has 1 N–H and O–H groups in total. The van der Waals surface area contributed by atoms with Crippen molar-refractivity contribution in [1.29, 1.82) is 0 Å². The van der Waals surface area contributed by atoms with Gasteiger partial charge in [-0.25, -0.2) is 0 Å². The molecule has 0 aliphatic heterocycles. The van der Waals surface area contributed by atoms with Crippen LogP contribution in [0.15, 0.2) is 48.5 Å². The SMILES string of the molecule is CCc1cc([N+](=O)[O-])ccc1Nc1ccccc1. The van der Waals surface area contributed by atoms with Gasteiger partial charge in [-0.05, 0) is 30.2 Å². The van der Waals surface area contributed by atoms with E-state index in [2.05, 4.69) is 5.32 Å². The molecule has 2 aromatic rings.